The summed E-state index contributed by atoms with van der Waals surface area (Å²) in [6, 6.07) is 78.2. The molecule has 0 atom stereocenters. The van der Waals surface area contributed by atoms with E-state index in [0.29, 0.717) is 5.82 Å². The van der Waals surface area contributed by atoms with Gasteiger partial charge >= 0.3 is 0 Å². The van der Waals surface area contributed by atoms with Crippen molar-refractivity contribution in [2.45, 2.75) is 0 Å². The topological polar surface area (TPSA) is 25.8 Å². The molecule has 276 valence electrons. The minimum absolute atomic E-state index is 0.687. The van der Waals surface area contributed by atoms with E-state index in [1.165, 1.54) is 36.5 Å². The molecule has 0 aliphatic carbocycles. The number of benzene rings is 9. The van der Waals surface area contributed by atoms with Crippen LogP contribution in [0.1, 0.15) is 0 Å². The van der Waals surface area contributed by atoms with E-state index in [1.807, 2.05) is 17.4 Å². The Morgan fingerprint density at radius 2 is 0.898 bits per heavy atom. The van der Waals surface area contributed by atoms with Gasteiger partial charge < -0.3 is 0 Å². The summed E-state index contributed by atoms with van der Waals surface area (Å²) >= 11 is 1.86. The van der Waals surface area contributed by atoms with Crippen molar-refractivity contribution in [2.75, 3.05) is 0 Å². The first-order chi connectivity index (χ1) is 29.2. The molecular formula is C56H36N2S. The van der Waals surface area contributed by atoms with Crippen LogP contribution in [0.25, 0.3) is 109 Å². The van der Waals surface area contributed by atoms with Gasteiger partial charge in [0.25, 0.3) is 0 Å². The number of thiophene rings is 1. The standard InChI is InChI=1S/C56H36N2S/c1-4-15-37(16-5-1)43-29-30-47(39-18-6-2-7-19-39)51(35-43)53-36-52(57-56(58-53)40-20-8-3-9-21-40)46-33-44(42-28-27-38-17-10-11-22-41(38)31-42)32-45(34-46)48-24-14-25-50-49-23-12-13-26-54(49)59-55(48)50/h1-36H. The average molecular weight is 769 g/mol. The predicted molar refractivity (Wildman–Crippen MR) is 250 cm³/mol. The van der Waals surface area contributed by atoms with Crippen LogP contribution < -0.4 is 0 Å². The van der Waals surface area contributed by atoms with Gasteiger partial charge in [-0.3, -0.25) is 0 Å². The number of hydrogen-bond donors (Lipinski definition) is 0. The Labute approximate surface area is 347 Å². The lowest BCUT2D eigenvalue weighted by Gasteiger charge is -2.16. The van der Waals surface area contributed by atoms with Crippen molar-refractivity contribution >= 4 is 42.3 Å². The van der Waals surface area contributed by atoms with Crippen LogP contribution in [0.5, 0.6) is 0 Å². The molecule has 0 unspecified atom stereocenters. The summed E-state index contributed by atoms with van der Waals surface area (Å²) in [6.07, 6.45) is 0. The zero-order valence-electron chi connectivity index (χ0n) is 32.1. The molecule has 2 nitrogen and oxygen atoms in total. The summed E-state index contributed by atoms with van der Waals surface area (Å²) in [4.78, 5) is 10.8. The summed E-state index contributed by atoms with van der Waals surface area (Å²) in [7, 11) is 0. The molecule has 0 radical (unpaired) electrons. The zero-order chi connectivity index (χ0) is 39.1. The predicted octanol–water partition coefficient (Wildman–Crippen LogP) is 15.7. The molecule has 11 aromatic rings. The van der Waals surface area contributed by atoms with Crippen LogP contribution in [-0.4, -0.2) is 9.97 Å². The first kappa shape index (κ1) is 34.8. The van der Waals surface area contributed by atoms with E-state index in [-0.39, 0.29) is 0 Å². The van der Waals surface area contributed by atoms with E-state index in [4.69, 9.17) is 9.97 Å². The Bertz CT molecular complexity index is 3310. The van der Waals surface area contributed by atoms with Gasteiger partial charge in [-0.15, -0.1) is 11.3 Å². The summed E-state index contributed by atoms with van der Waals surface area (Å²) in [5.74, 6) is 0.687. The van der Waals surface area contributed by atoms with Crippen LogP contribution in [-0.2, 0) is 0 Å². The molecule has 0 saturated carbocycles. The first-order valence-corrected chi connectivity index (χ1v) is 20.8. The van der Waals surface area contributed by atoms with E-state index in [0.717, 1.165) is 67.0 Å². The van der Waals surface area contributed by atoms with Crippen LogP contribution in [0.4, 0.5) is 0 Å². The van der Waals surface area contributed by atoms with Gasteiger partial charge in [0, 0.05) is 36.9 Å². The van der Waals surface area contributed by atoms with Crippen molar-refractivity contribution in [1.29, 1.82) is 0 Å². The van der Waals surface area contributed by atoms with Gasteiger partial charge in [0.2, 0.25) is 0 Å². The van der Waals surface area contributed by atoms with Crippen LogP contribution in [0.2, 0.25) is 0 Å². The molecule has 2 aromatic heterocycles. The molecule has 9 aromatic carbocycles. The summed E-state index contributed by atoms with van der Waals surface area (Å²) in [6.45, 7) is 0. The largest absolute Gasteiger partial charge is 0.228 e. The lowest BCUT2D eigenvalue weighted by atomic mass is 9.91. The van der Waals surface area contributed by atoms with Crippen LogP contribution in [0, 0.1) is 0 Å². The third-order valence-electron chi connectivity index (χ3n) is 11.3. The highest BCUT2D eigenvalue weighted by atomic mass is 32.1. The molecule has 0 bridgehead atoms. The lowest BCUT2D eigenvalue weighted by molar-refractivity contribution is 1.18. The maximum atomic E-state index is 5.39. The van der Waals surface area contributed by atoms with Crippen molar-refractivity contribution in [3.63, 3.8) is 0 Å². The fraction of sp³-hybridized carbons (Fsp3) is 0. The quantitative estimate of drug-likeness (QED) is 0.161. The monoisotopic (exact) mass is 768 g/mol. The van der Waals surface area contributed by atoms with Crippen molar-refractivity contribution in [3.05, 3.63) is 218 Å². The zero-order valence-corrected chi connectivity index (χ0v) is 32.9. The molecule has 0 saturated heterocycles. The molecule has 2 heterocycles. The highest BCUT2D eigenvalue weighted by Gasteiger charge is 2.18. The third kappa shape index (κ3) is 6.58. The summed E-state index contributed by atoms with van der Waals surface area (Å²) in [5.41, 5.74) is 14.0. The normalized spacial score (nSPS) is 11.4. The Hall–Kier alpha value is -7.46. The number of aromatic nitrogens is 2. The molecule has 11 rings (SSSR count). The van der Waals surface area contributed by atoms with E-state index in [9.17, 15) is 0 Å². The molecule has 59 heavy (non-hydrogen) atoms. The van der Waals surface area contributed by atoms with E-state index < -0.39 is 0 Å². The second kappa shape index (κ2) is 14.8. The summed E-state index contributed by atoms with van der Waals surface area (Å²) in [5, 5.41) is 5.01. The molecule has 3 heteroatoms. The van der Waals surface area contributed by atoms with Gasteiger partial charge in [-0.05, 0) is 97.7 Å². The number of hydrogen-bond acceptors (Lipinski definition) is 3. The smallest absolute Gasteiger partial charge is 0.160 e. The van der Waals surface area contributed by atoms with Crippen molar-refractivity contribution in [1.82, 2.24) is 9.97 Å². The Morgan fingerprint density at radius 1 is 0.288 bits per heavy atom. The molecule has 0 N–H and O–H groups in total. The lowest BCUT2D eigenvalue weighted by Crippen LogP contribution is -1.98. The first-order valence-electron chi connectivity index (χ1n) is 20.0. The van der Waals surface area contributed by atoms with E-state index in [2.05, 4.69) is 212 Å². The third-order valence-corrected chi connectivity index (χ3v) is 12.5. The van der Waals surface area contributed by atoms with Crippen molar-refractivity contribution in [3.8, 4) is 78.4 Å². The molecule has 0 amide bonds. The maximum Gasteiger partial charge on any atom is 0.160 e. The van der Waals surface area contributed by atoms with Crippen molar-refractivity contribution in [2.24, 2.45) is 0 Å². The van der Waals surface area contributed by atoms with Gasteiger partial charge in [-0.1, -0.05) is 176 Å². The molecule has 0 aliphatic rings. The van der Waals surface area contributed by atoms with Gasteiger partial charge in [-0.25, -0.2) is 9.97 Å². The van der Waals surface area contributed by atoms with Crippen molar-refractivity contribution < 1.29 is 0 Å². The average Bonchev–Trinajstić information content (AvgIpc) is 3.71. The van der Waals surface area contributed by atoms with Gasteiger partial charge in [0.05, 0.1) is 11.4 Å². The number of nitrogens with zero attached hydrogens (tertiary/aromatic N) is 2. The van der Waals surface area contributed by atoms with Crippen LogP contribution >= 0.6 is 11.3 Å². The highest BCUT2D eigenvalue weighted by Crippen LogP contribution is 2.43. The molecular weight excluding hydrogens is 733 g/mol. The van der Waals surface area contributed by atoms with E-state index >= 15 is 0 Å². The Balaban J connectivity index is 1.18. The summed E-state index contributed by atoms with van der Waals surface area (Å²) < 4.78 is 2.58. The van der Waals surface area contributed by atoms with Crippen LogP contribution in [0.3, 0.4) is 0 Å². The minimum atomic E-state index is 0.687. The number of rotatable bonds is 7. The van der Waals surface area contributed by atoms with Gasteiger partial charge in [0.1, 0.15) is 0 Å². The Morgan fingerprint density at radius 3 is 1.71 bits per heavy atom. The second-order valence-corrected chi connectivity index (χ2v) is 16.0. The molecule has 0 spiro atoms. The fourth-order valence-electron chi connectivity index (χ4n) is 8.33. The minimum Gasteiger partial charge on any atom is -0.228 e. The highest BCUT2D eigenvalue weighted by molar-refractivity contribution is 7.26. The Kier molecular flexibility index (Phi) is 8.72. The molecule has 0 fully saturated rings. The van der Waals surface area contributed by atoms with E-state index in [1.54, 1.807) is 0 Å². The van der Waals surface area contributed by atoms with Gasteiger partial charge in [-0.2, -0.15) is 0 Å². The van der Waals surface area contributed by atoms with Crippen LogP contribution in [0.15, 0.2) is 218 Å². The second-order valence-electron chi connectivity index (χ2n) is 15.0. The SMILES string of the molecule is c1ccc(-c2ccc(-c3ccccc3)c(-c3cc(-c4cc(-c5ccc6ccccc6c5)cc(-c5cccc6c5sc5ccccc56)c4)nc(-c4ccccc4)n3)c2)cc1. The van der Waals surface area contributed by atoms with Gasteiger partial charge in [0.15, 0.2) is 5.82 Å². The maximum absolute atomic E-state index is 5.39. The molecule has 0 aliphatic heterocycles. The number of fused-ring (bicyclic) bond motifs is 4. The fourth-order valence-corrected chi connectivity index (χ4v) is 9.56.